The molecule has 4 heteroatoms. The molecule has 0 bridgehead atoms. The lowest BCUT2D eigenvalue weighted by molar-refractivity contribution is 1.19. The molecule has 0 atom stereocenters. The van der Waals surface area contributed by atoms with Crippen molar-refractivity contribution in [2.24, 2.45) is 0 Å². The summed E-state index contributed by atoms with van der Waals surface area (Å²) in [6.07, 6.45) is 1.62. The van der Waals surface area contributed by atoms with Crippen LogP contribution < -0.4 is 0 Å². The van der Waals surface area contributed by atoms with E-state index in [1.165, 1.54) is 29.0 Å². The molecule has 1 rings (SSSR count). The maximum absolute atomic E-state index is 3.13. The Morgan fingerprint density at radius 3 is 1.69 bits per heavy atom. The molecular formula is C12H8I2S2. The summed E-state index contributed by atoms with van der Waals surface area (Å²) in [5.74, 6) is 6.27. The minimum Gasteiger partial charge on any atom is -0.0857 e. The summed E-state index contributed by atoms with van der Waals surface area (Å²) in [7, 11) is 3.05. The zero-order valence-corrected chi connectivity index (χ0v) is 14.2. The van der Waals surface area contributed by atoms with Crippen molar-refractivity contribution in [1.29, 1.82) is 0 Å². The summed E-state index contributed by atoms with van der Waals surface area (Å²) >= 11 is 4.37. The monoisotopic (exact) mass is 470 g/mol. The summed E-state index contributed by atoms with van der Waals surface area (Å²) in [5, 5.41) is 6.01. The standard InChI is InChI=1S/C12H8I2S2/c13-15-9-3-7-11-5-1-2-6-12(11)8-4-10-16-14/h1-2,5-6H,7-8H2. The number of halogens is 2. The van der Waals surface area contributed by atoms with Crippen LogP contribution in [-0.2, 0) is 12.8 Å². The van der Waals surface area contributed by atoms with E-state index in [0.717, 1.165) is 12.8 Å². The van der Waals surface area contributed by atoms with Gasteiger partial charge in [-0.15, -0.1) is 0 Å². The van der Waals surface area contributed by atoms with Crippen molar-refractivity contribution in [2.45, 2.75) is 12.8 Å². The zero-order valence-electron chi connectivity index (χ0n) is 8.30. The molecule has 0 N–H and O–H groups in total. The molecule has 0 aliphatic heterocycles. The van der Waals surface area contributed by atoms with Gasteiger partial charge in [0.1, 0.15) is 0 Å². The van der Waals surface area contributed by atoms with Crippen LogP contribution in [0.25, 0.3) is 0 Å². The van der Waals surface area contributed by atoms with Gasteiger partial charge in [0.15, 0.2) is 0 Å². The van der Waals surface area contributed by atoms with Crippen LogP contribution in [-0.4, -0.2) is 0 Å². The second kappa shape index (κ2) is 9.52. The van der Waals surface area contributed by atoms with Crippen molar-refractivity contribution < 1.29 is 0 Å². The Hall–Kier alpha value is 0.500. The Morgan fingerprint density at radius 2 is 1.31 bits per heavy atom. The Kier molecular flexibility index (Phi) is 8.67. The zero-order chi connectivity index (χ0) is 11.6. The molecule has 0 aliphatic rings. The Balaban J connectivity index is 2.75. The molecule has 0 nitrogen and oxygen atoms in total. The van der Waals surface area contributed by atoms with E-state index >= 15 is 0 Å². The first kappa shape index (κ1) is 14.6. The molecule has 0 aliphatic carbocycles. The highest BCUT2D eigenvalue weighted by Crippen LogP contribution is 2.12. The first-order chi connectivity index (χ1) is 7.88. The fourth-order valence-corrected chi connectivity index (χ4v) is 2.41. The molecular weight excluding hydrogens is 462 g/mol. The van der Waals surface area contributed by atoms with Crippen LogP contribution in [0.1, 0.15) is 11.1 Å². The summed E-state index contributed by atoms with van der Waals surface area (Å²) in [5.41, 5.74) is 2.57. The van der Waals surface area contributed by atoms with Crippen LogP contribution in [0.2, 0.25) is 0 Å². The summed E-state index contributed by atoms with van der Waals surface area (Å²) in [4.78, 5) is 0. The first-order valence-corrected chi connectivity index (χ1v) is 11.2. The predicted octanol–water partition coefficient (Wildman–Crippen LogP) is 4.86. The quantitative estimate of drug-likeness (QED) is 0.448. The van der Waals surface area contributed by atoms with E-state index in [1.807, 2.05) is 0 Å². The van der Waals surface area contributed by atoms with Crippen LogP contribution in [0.4, 0.5) is 0 Å². The second-order valence-corrected chi connectivity index (χ2v) is 6.19. The molecule has 16 heavy (non-hydrogen) atoms. The maximum Gasteiger partial charge on any atom is 0.0352 e. The van der Waals surface area contributed by atoms with E-state index in [0.29, 0.717) is 0 Å². The third-order valence-electron chi connectivity index (χ3n) is 1.90. The molecule has 0 spiro atoms. The highest BCUT2D eigenvalue weighted by Gasteiger charge is 1.97. The topological polar surface area (TPSA) is 0 Å². The molecule has 82 valence electrons. The van der Waals surface area contributed by atoms with Crippen molar-refractivity contribution >= 4 is 60.3 Å². The van der Waals surface area contributed by atoms with Gasteiger partial charge in [-0.1, -0.05) is 36.1 Å². The maximum atomic E-state index is 3.13. The number of rotatable bonds is 2. The minimum atomic E-state index is 0.811. The molecule has 0 saturated heterocycles. The summed E-state index contributed by atoms with van der Waals surface area (Å²) < 4.78 is 0. The SMILES string of the molecule is ISC#CCc1ccccc1CC#CSI. The van der Waals surface area contributed by atoms with Crippen LogP contribution in [0.5, 0.6) is 0 Å². The Labute approximate surface area is 129 Å². The molecule has 0 aromatic heterocycles. The molecule has 0 amide bonds. The largest absolute Gasteiger partial charge is 0.0857 e. The van der Waals surface area contributed by atoms with Crippen LogP contribution in [0.3, 0.4) is 0 Å². The van der Waals surface area contributed by atoms with Crippen molar-refractivity contribution in [3.8, 4) is 22.3 Å². The van der Waals surface area contributed by atoms with Gasteiger partial charge in [-0.25, -0.2) is 0 Å². The van der Waals surface area contributed by atoms with E-state index in [9.17, 15) is 0 Å². The van der Waals surface area contributed by atoms with E-state index < -0.39 is 0 Å². The van der Waals surface area contributed by atoms with Gasteiger partial charge < -0.3 is 0 Å². The average Bonchev–Trinajstić information content (AvgIpc) is 2.32. The van der Waals surface area contributed by atoms with Crippen molar-refractivity contribution in [3.63, 3.8) is 0 Å². The van der Waals surface area contributed by atoms with E-state index in [2.05, 4.69) is 89.0 Å². The van der Waals surface area contributed by atoms with Gasteiger partial charge in [-0.2, -0.15) is 0 Å². The van der Waals surface area contributed by atoms with Crippen molar-refractivity contribution in [1.82, 2.24) is 0 Å². The van der Waals surface area contributed by atoms with Gasteiger partial charge in [0.25, 0.3) is 0 Å². The Bertz CT molecular complexity index is 406. The molecule has 1 aromatic rings. The van der Waals surface area contributed by atoms with E-state index in [4.69, 9.17) is 0 Å². The summed E-state index contributed by atoms with van der Waals surface area (Å²) in [6, 6.07) is 8.36. The van der Waals surface area contributed by atoms with E-state index in [-0.39, 0.29) is 0 Å². The smallest absolute Gasteiger partial charge is 0.0352 e. The fraction of sp³-hybridized carbons (Fsp3) is 0.167. The molecule has 0 heterocycles. The number of hydrogen-bond acceptors (Lipinski definition) is 2. The Morgan fingerprint density at radius 1 is 0.875 bits per heavy atom. The molecule has 1 aromatic carbocycles. The van der Waals surface area contributed by atoms with Gasteiger partial charge in [-0.05, 0) is 39.5 Å². The lowest BCUT2D eigenvalue weighted by Crippen LogP contribution is -1.91. The lowest BCUT2D eigenvalue weighted by atomic mass is 10.0. The molecule has 0 radical (unpaired) electrons. The van der Waals surface area contributed by atoms with Gasteiger partial charge in [0, 0.05) is 55.3 Å². The van der Waals surface area contributed by atoms with Crippen molar-refractivity contribution in [3.05, 3.63) is 35.4 Å². The molecule has 0 saturated carbocycles. The first-order valence-electron chi connectivity index (χ1n) is 4.46. The van der Waals surface area contributed by atoms with Crippen LogP contribution >= 0.6 is 60.3 Å². The highest BCUT2D eigenvalue weighted by molar-refractivity contribution is 14.2. The van der Waals surface area contributed by atoms with E-state index in [1.54, 1.807) is 0 Å². The average molecular weight is 470 g/mol. The van der Waals surface area contributed by atoms with Crippen LogP contribution in [0.15, 0.2) is 24.3 Å². The third kappa shape index (κ3) is 5.72. The minimum absolute atomic E-state index is 0.811. The third-order valence-corrected chi connectivity index (χ3v) is 3.66. The normalized spacial score (nSPS) is 8.62. The predicted molar refractivity (Wildman–Crippen MR) is 92.6 cm³/mol. The van der Waals surface area contributed by atoms with Gasteiger partial charge >= 0.3 is 0 Å². The van der Waals surface area contributed by atoms with Gasteiger partial charge in [0.05, 0.1) is 0 Å². The molecule has 0 fully saturated rings. The summed E-state index contributed by atoms with van der Waals surface area (Å²) in [6.45, 7) is 0. The highest BCUT2D eigenvalue weighted by atomic mass is 127. The number of benzene rings is 1. The number of hydrogen-bond donors (Lipinski definition) is 0. The lowest BCUT2D eigenvalue weighted by Gasteiger charge is -2.02. The van der Waals surface area contributed by atoms with Gasteiger partial charge in [0.2, 0.25) is 0 Å². The molecule has 0 unspecified atom stereocenters. The second-order valence-electron chi connectivity index (χ2n) is 2.83. The van der Waals surface area contributed by atoms with Gasteiger partial charge in [-0.3, -0.25) is 0 Å². The fourth-order valence-electron chi connectivity index (χ4n) is 1.22. The van der Waals surface area contributed by atoms with Crippen molar-refractivity contribution in [2.75, 3.05) is 0 Å². The van der Waals surface area contributed by atoms with Crippen LogP contribution in [0, 0.1) is 22.3 Å².